The van der Waals surface area contributed by atoms with E-state index in [0.29, 0.717) is 28.9 Å². The number of aliphatic hydroxyl groups is 8. The summed E-state index contributed by atoms with van der Waals surface area (Å²) in [5.74, 6) is -5.18. The molecule has 82 heavy (non-hydrogen) atoms. The number of carboxylic acids is 2. The quantitative estimate of drug-likeness (QED) is 0.0676. The number of hydrogen-bond donors (Lipinski definition) is 17. The second-order valence-corrected chi connectivity index (χ2v) is 22.0. The first-order valence-electron chi connectivity index (χ1n) is 27.5. The Labute approximate surface area is 470 Å². The van der Waals surface area contributed by atoms with E-state index in [-0.39, 0.29) is 54.6 Å². The zero-order chi connectivity index (χ0) is 59.9. The molecule has 0 spiro atoms. The highest BCUT2D eigenvalue weighted by Gasteiger charge is 2.53. The van der Waals surface area contributed by atoms with Crippen LogP contribution in [-0.2, 0) is 39.8 Å². The Bertz CT molecular complexity index is 3090. The number of carbonyl (C=O) groups excluding carboxylic acids is 2. The lowest BCUT2D eigenvalue weighted by Gasteiger charge is -2.49. The highest BCUT2D eigenvalue weighted by molar-refractivity contribution is 6.02. The summed E-state index contributed by atoms with van der Waals surface area (Å²) in [5.41, 5.74) is 26.3. The summed E-state index contributed by atoms with van der Waals surface area (Å²) in [7, 11) is 0. The van der Waals surface area contributed by atoms with E-state index in [0.717, 1.165) is 39.0 Å². The van der Waals surface area contributed by atoms with Crippen molar-refractivity contribution in [1.29, 1.82) is 0 Å². The Morgan fingerprint density at radius 1 is 0.805 bits per heavy atom. The fourth-order valence-electron chi connectivity index (χ4n) is 11.7. The van der Waals surface area contributed by atoms with Gasteiger partial charge in [-0.2, -0.15) is 0 Å². The third-order valence-electron chi connectivity index (χ3n) is 16.8. The van der Waals surface area contributed by atoms with Gasteiger partial charge in [0.25, 0.3) is 0 Å². The summed E-state index contributed by atoms with van der Waals surface area (Å²) >= 11 is 0. The number of aliphatic carboxylic acids is 1. The Balaban J connectivity index is 1.05. The van der Waals surface area contributed by atoms with Gasteiger partial charge in [-0.1, -0.05) is 13.8 Å². The van der Waals surface area contributed by atoms with Gasteiger partial charge in [0.1, 0.15) is 67.1 Å². The van der Waals surface area contributed by atoms with Crippen molar-refractivity contribution < 1.29 is 89.2 Å². The molecule has 3 aromatic rings. The Hall–Kier alpha value is -5.86. The maximum absolute atomic E-state index is 14.0. The maximum Gasteiger partial charge on any atom is 0.338 e. The average Bonchev–Trinajstić information content (AvgIpc) is 3.70. The van der Waals surface area contributed by atoms with E-state index in [4.69, 9.17) is 46.1 Å². The number of carboxylic acid groups (broad SMARTS) is 2. The molecule has 7 heterocycles. The number of nitrogens with zero attached hydrogens (tertiary/aromatic N) is 2. The van der Waals surface area contributed by atoms with Gasteiger partial charge >= 0.3 is 11.9 Å². The molecule has 27 nitrogen and oxygen atoms in total. The normalized spacial score (nSPS) is 31.6. The van der Waals surface area contributed by atoms with Crippen LogP contribution in [0.25, 0.3) is 33.2 Å². The summed E-state index contributed by atoms with van der Waals surface area (Å²) in [4.78, 5) is 69.8. The minimum Gasteiger partial charge on any atom is -0.481 e. The molecular formula is C55H77N9O18. The summed E-state index contributed by atoms with van der Waals surface area (Å²) in [6.45, 7) is 10.2. The molecule has 4 aliphatic heterocycles. The number of aliphatic hydroxyl groups excluding tert-OH is 8. The van der Waals surface area contributed by atoms with Gasteiger partial charge in [0.15, 0.2) is 12.6 Å². The van der Waals surface area contributed by atoms with Crippen molar-refractivity contribution in [2.75, 3.05) is 19.7 Å². The largest absolute Gasteiger partial charge is 0.481 e. The number of nitrogens with two attached hydrogens (primary N) is 3. The molecule has 8 bridgehead atoms. The number of H-pyrrole nitrogens is 2. The third kappa shape index (κ3) is 12.4. The van der Waals surface area contributed by atoms with Crippen molar-refractivity contribution in [3.63, 3.8) is 0 Å². The molecule has 450 valence electrons. The zero-order valence-corrected chi connectivity index (χ0v) is 46.4. The number of amides is 2. The number of fused-ring (bicyclic) bond motifs is 8. The third-order valence-corrected chi connectivity index (χ3v) is 16.8. The van der Waals surface area contributed by atoms with Crippen LogP contribution in [0.1, 0.15) is 120 Å². The number of nitrogens with one attached hydrogen (secondary N) is 4. The van der Waals surface area contributed by atoms with E-state index < -0.39 is 153 Å². The minimum atomic E-state index is -1.98. The van der Waals surface area contributed by atoms with Crippen molar-refractivity contribution in [3.8, 4) is 0 Å². The van der Waals surface area contributed by atoms with E-state index in [1.54, 1.807) is 13.0 Å². The summed E-state index contributed by atoms with van der Waals surface area (Å²) in [6.07, 6.45) is -22.6. The number of hydrogen-bond acceptors (Lipinski definition) is 21. The van der Waals surface area contributed by atoms with E-state index in [9.17, 15) is 70.2 Å². The molecule has 0 radical (unpaired) electrons. The lowest BCUT2D eigenvalue weighted by molar-refractivity contribution is -0.333. The molecule has 2 amide bonds. The lowest BCUT2D eigenvalue weighted by atomic mass is 9.83. The first-order chi connectivity index (χ1) is 38.8. The van der Waals surface area contributed by atoms with E-state index >= 15 is 0 Å². The molecule has 8 rings (SSSR count). The zero-order valence-electron chi connectivity index (χ0n) is 46.4. The number of ether oxygens (including phenoxy) is 4. The molecule has 1 saturated carbocycles. The van der Waals surface area contributed by atoms with E-state index in [1.807, 2.05) is 46.8 Å². The molecule has 3 fully saturated rings. The molecule has 3 aromatic heterocycles. The van der Waals surface area contributed by atoms with Crippen LogP contribution >= 0.6 is 0 Å². The number of aryl methyl sites for hydroxylation is 3. The van der Waals surface area contributed by atoms with Gasteiger partial charge in [0.05, 0.1) is 53.3 Å². The Morgan fingerprint density at radius 2 is 1.44 bits per heavy atom. The molecule has 5 aliphatic rings. The van der Waals surface area contributed by atoms with Crippen LogP contribution < -0.4 is 27.8 Å². The van der Waals surface area contributed by atoms with E-state index in [1.165, 1.54) is 0 Å². The van der Waals surface area contributed by atoms with Crippen LogP contribution in [0.5, 0.6) is 0 Å². The van der Waals surface area contributed by atoms with Crippen LogP contribution in [0.2, 0.25) is 0 Å². The molecule has 27 heteroatoms. The Morgan fingerprint density at radius 3 is 2.09 bits per heavy atom. The van der Waals surface area contributed by atoms with Crippen molar-refractivity contribution >= 4 is 57.0 Å². The average molecular weight is 1150 g/mol. The highest BCUT2D eigenvalue weighted by Crippen LogP contribution is 2.43. The molecular weight excluding hydrogens is 1070 g/mol. The van der Waals surface area contributed by atoms with E-state index in [2.05, 4.69) is 20.6 Å². The van der Waals surface area contributed by atoms with Crippen LogP contribution in [-0.4, -0.2) is 212 Å². The van der Waals surface area contributed by atoms with Gasteiger partial charge in [0.2, 0.25) is 11.8 Å². The first kappa shape index (κ1) is 62.2. The van der Waals surface area contributed by atoms with Gasteiger partial charge in [-0.15, -0.1) is 0 Å². The second-order valence-electron chi connectivity index (χ2n) is 22.0. The van der Waals surface area contributed by atoms with Gasteiger partial charge < -0.3 is 108 Å². The Kier molecular flexibility index (Phi) is 19.4. The topological polar surface area (TPSA) is 467 Å². The summed E-state index contributed by atoms with van der Waals surface area (Å²) < 4.78 is 23.6. The number of rotatable bonds is 18. The van der Waals surface area contributed by atoms with Gasteiger partial charge in [-0.3, -0.25) is 19.4 Å². The van der Waals surface area contributed by atoms with Crippen LogP contribution in [0, 0.1) is 20.8 Å². The first-order valence-corrected chi connectivity index (χ1v) is 27.5. The number of carbonyl (C=O) groups is 4. The van der Waals surface area contributed by atoms with Crippen LogP contribution in [0.4, 0.5) is 0 Å². The molecule has 15 unspecified atom stereocenters. The number of aromatic nitrogens is 4. The maximum atomic E-state index is 14.0. The van der Waals surface area contributed by atoms with Crippen molar-refractivity contribution in [3.05, 3.63) is 68.8 Å². The predicted octanol–water partition coefficient (Wildman–Crippen LogP) is -1.68. The second kappa shape index (κ2) is 25.6. The van der Waals surface area contributed by atoms with Crippen LogP contribution in [0.15, 0.2) is 18.2 Å². The molecule has 18 atom stereocenters. The molecule has 1 aliphatic carbocycles. The fourth-order valence-corrected chi connectivity index (χ4v) is 11.7. The monoisotopic (exact) mass is 1150 g/mol. The minimum absolute atomic E-state index is 0.0452. The summed E-state index contributed by atoms with van der Waals surface area (Å²) in [5, 5.41) is 113. The van der Waals surface area contributed by atoms with Crippen molar-refractivity contribution in [1.82, 2.24) is 30.6 Å². The molecule has 2 saturated heterocycles. The molecule has 0 aromatic carbocycles. The SMILES string of the molecule is CCC1=C(C)c2cc3[nH]c(cc4nc(c(CC(=O)O)c5[nH]c(cc1n2)c(C)c5C(=O)O)[C@@H](CCC(=O)NCC1OC(OC2C(N)CC(NC(=O)[C@H](O)CCN)C(OC5OC(CO)C(O)C(N)C5O)C2O)C(O)C(O)C1O)[C@@H]4C)c(C)c3C. The van der Waals surface area contributed by atoms with Crippen molar-refractivity contribution in [2.24, 2.45) is 17.2 Å². The lowest BCUT2D eigenvalue weighted by Crippen LogP contribution is -2.69. The van der Waals surface area contributed by atoms with Crippen molar-refractivity contribution in [2.45, 2.75) is 190 Å². The highest BCUT2D eigenvalue weighted by atomic mass is 16.7. The van der Waals surface area contributed by atoms with Gasteiger partial charge in [0, 0.05) is 58.7 Å². The smallest absolute Gasteiger partial charge is 0.338 e. The van der Waals surface area contributed by atoms with Crippen LogP contribution in [0.3, 0.4) is 0 Å². The molecule has 20 N–H and O–H groups in total. The number of aromatic carboxylic acids is 1. The number of allylic oxidation sites excluding steroid dienone is 2. The van der Waals surface area contributed by atoms with Gasteiger partial charge in [-0.05, 0) is 106 Å². The summed E-state index contributed by atoms with van der Waals surface area (Å²) in [6, 6.07) is 1.75. The van der Waals surface area contributed by atoms with Gasteiger partial charge in [-0.25, -0.2) is 9.78 Å². The predicted molar refractivity (Wildman–Crippen MR) is 292 cm³/mol. The number of aromatic amines is 2. The standard InChI is InChI=1S/C55H77N9O18/c1-7-24-21(4)30-14-28-19(2)20(3)29(60-28)15-31-22(5)25(42(62-31)26(12-39(68)69)43-40(53(77)78)23(6)32(63-43)16-33(24)61-30)8-9-38(67)59-17-36-45(71)47(73)48(74)55(79-36)81-50-27(57)13-34(64-52(76)35(66)10-11-56)51(49(50)75)82-54-46(72)41(58)44(70)37(18-65)80-54/h14-16,22,25,27,34-37,41,44-51,54-55,60,63,65-66,70-75H,7-13,17-18,56-58H2,1-6H3,(H,59,67)(H,64,76)(H,68,69)(H,77,78)/t22-,25-,27?,34?,35+,36?,37?,41?,44?,45?,46?,47?,48?,49?,50?,51?,54?,55?/m0/s1. The fraction of sp³-hybridized carbons (Fsp3) is 0.600.